The lowest BCUT2D eigenvalue weighted by Gasteiger charge is -2.19. The quantitative estimate of drug-likeness (QED) is 0.611. The number of carbonyl (C=O) groups is 1. The molecule has 2 aromatic heterocycles. The molecule has 0 aliphatic rings. The highest BCUT2D eigenvalue weighted by Crippen LogP contribution is 2.24. The predicted octanol–water partition coefficient (Wildman–Crippen LogP) is 4.15. The molecule has 0 aliphatic heterocycles. The van der Waals surface area contributed by atoms with Crippen LogP contribution >= 0.6 is 11.3 Å². The topological polar surface area (TPSA) is 68.5 Å². The van der Waals surface area contributed by atoms with Gasteiger partial charge in [0.05, 0.1) is 4.88 Å². The lowest BCUT2D eigenvalue weighted by molar-refractivity contribution is -0.134. The van der Waals surface area contributed by atoms with Crippen LogP contribution in [0, 0.1) is 20.8 Å². The maximum absolute atomic E-state index is 12.6. The molecule has 0 radical (unpaired) electrons. The molecule has 3 aromatic rings. The molecule has 1 aromatic carbocycles. The van der Waals surface area contributed by atoms with Crippen LogP contribution in [0.4, 0.5) is 0 Å². The number of rotatable bonds is 7. The molecular weight excluding hydrogens is 362 g/mol. The van der Waals surface area contributed by atoms with Gasteiger partial charge in [-0.3, -0.25) is 4.79 Å². The van der Waals surface area contributed by atoms with Crippen molar-refractivity contribution >= 4 is 17.2 Å². The van der Waals surface area contributed by atoms with Crippen molar-refractivity contribution in [3.8, 4) is 16.5 Å². The van der Waals surface area contributed by atoms with Crippen molar-refractivity contribution in [2.24, 2.45) is 0 Å². The van der Waals surface area contributed by atoms with Gasteiger partial charge in [0.15, 0.2) is 6.61 Å². The van der Waals surface area contributed by atoms with Crippen LogP contribution in [-0.2, 0) is 11.3 Å². The zero-order chi connectivity index (χ0) is 19.4. The average molecular weight is 385 g/mol. The van der Waals surface area contributed by atoms with Gasteiger partial charge in [-0.2, -0.15) is 4.98 Å². The summed E-state index contributed by atoms with van der Waals surface area (Å²) in [6.07, 6.45) is 0. The second-order valence-corrected chi connectivity index (χ2v) is 7.34. The van der Waals surface area contributed by atoms with E-state index in [4.69, 9.17) is 9.26 Å². The number of aromatic nitrogens is 2. The molecule has 0 spiro atoms. The standard InChI is InChI=1S/C20H23N3O3S/c1-5-23(11-18-21-20(22-26-18)17-7-6-8-27-17)19(24)12-25-16-10-13(2)9-14(3)15(16)4/h6-10H,5,11-12H2,1-4H3. The number of hydrogen-bond acceptors (Lipinski definition) is 6. The summed E-state index contributed by atoms with van der Waals surface area (Å²) in [6, 6.07) is 7.92. The highest BCUT2D eigenvalue weighted by atomic mass is 32.1. The molecule has 27 heavy (non-hydrogen) atoms. The number of hydrogen-bond donors (Lipinski definition) is 0. The molecule has 2 heterocycles. The van der Waals surface area contributed by atoms with E-state index in [1.165, 1.54) is 0 Å². The average Bonchev–Trinajstić information content (AvgIpc) is 3.32. The van der Waals surface area contributed by atoms with E-state index in [9.17, 15) is 4.79 Å². The Morgan fingerprint density at radius 1 is 1.30 bits per heavy atom. The first-order valence-corrected chi connectivity index (χ1v) is 9.70. The molecule has 0 aliphatic carbocycles. The molecule has 6 nitrogen and oxygen atoms in total. The molecule has 0 atom stereocenters. The highest BCUT2D eigenvalue weighted by molar-refractivity contribution is 7.13. The van der Waals surface area contributed by atoms with Crippen molar-refractivity contribution < 1.29 is 14.1 Å². The Kier molecular flexibility index (Phi) is 5.91. The number of aryl methyl sites for hydroxylation is 2. The van der Waals surface area contributed by atoms with Crippen LogP contribution in [0.2, 0.25) is 0 Å². The minimum Gasteiger partial charge on any atom is -0.483 e. The zero-order valence-electron chi connectivity index (χ0n) is 16.0. The Morgan fingerprint density at radius 3 is 2.81 bits per heavy atom. The summed E-state index contributed by atoms with van der Waals surface area (Å²) in [6.45, 7) is 8.74. The van der Waals surface area contributed by atoms with E-state index in [2.05, 4.69) is 16.2 Å². The summed E-state index contributed by atoms with van der Waals surface area (Å²) in [5, 5.41) is 5.94. The van der Waals surface area contributed by atoms with E-state index in [0.29, 0.717) is 18.3 Å². The van der Waals surface area contributed by atoms with Crippen molar-refractivity contribution in [1.82, 2.24) is 15.0 Å². The van der Waals surface area contributed by atoms with Gasteiger partial charge in [-0.25, -0.2) is 0 Å². The van der Waals surface area contributed by atoms with Crippen LogP contribution < -0.4 is 4.74 Å². The van der Waals surface area contributed by atoms with Gasteiger partial charge in [0.25, 0.3) is 5.91 Å². The third kappa shape index (κ3) is 4.54. The van der Waals surface area contributed by atoms with E-state index in [1.807, 2.05) is 51.3 Å². The Balaban J connectivity index is 1.63. The van der Waals surface area contributed by atoms with Crippen LogP contribution in [0.15, 0.2) is 34.2 Å². The fraction of sp³-hybridized carbons (Fsp3) is 0.350. The Labute approximate surface area is 162 Å². The van der Waals surface area contributed by atoms with Crippen molar-refractivity contribution in [2.75, 3.05) is 13.2 Å². The monoisotopic (exact) mass is 385 g/mol. The van der Waals surface area contributed by atoms with Gasteiger partial charge in [0.1, 0.15) is 12.3 Å². The molecule has 1 amide bonds. The lowest BCUT2D eigenvalue weighted by Crippen LogP contribution is -2.34. The third-order valence-corrected chi connectivity index (χ3v) is 5.25. The minimum absolute atomic E-state index is 0.0243. The van der Waals surface area contributed by atoms with E-state index >= 15 is 0 Å². The van der Waals surface area contributed by atoms with Gasteiger partial charge in [0, 0.05) is 6.54 Å². The molecular formula is C20H23N3O3S. The summed E-state index contributed by atoms with van der Waals surface area (Å²) < 4.78 is 11.1. The Morgan fingerprint density at radius 2 is 2.11 bits per heavy atom. The van der Waals surface area contributed by atoms with Gasteiger partial charge >= 0.3 is 0 Å². The number of nitrogens with zero attached hydrogens (tertiary/aromatic N) is 3. The SMILES string of the molecule is CCN(Cc1nc(-c2cccs2)no1)C(=O)COc1cc(C)cc(C)c1C. The second-order valence-electron chi connectivity index (χ2n) is 6.39. The van der Waals surface area contributed by atoms with Gasteiger partial charge in [0.2, 0.25) is 11.7 Å². The normalized spacial score (nSPS) is 10.8. The van der Waals surface area contributed by atoms with Crippen molar-refractivity contribution in [3.63, 3.8) is 0 Å². The first-order chi connectivity index (χ1) is 13.0. The summed E-state index contributed by atoms with van der Waals surface area (Å²) in [7, 11) is 0. The van der Waals surface area contributed by atoms with Gasteiger partial charge in [-0.15, -0.1) is 11.3 Å². The number of likely N-dealkylation sites (N-methyl/N-ethyl adjacent to an activating group) is 1. The molecule has 3 rings (SSSR count). The number of thiophene rings is 1. The molecule has 0 N–H and O–H groups in total. The number of ether oxygens (including phenoxy) is 1. The summed E-state index contributed by atoms with van der Waals surface area (Å²) in [5.74, 6) is 1.59. The highest BCUT2D eigenvalue weighted by Gasteiger charge is 2.18. The van der Waals surface area contributed by atoms with Gasteiger partial charge in [-0.05, 0) is 61.9 Å². The Bertz CT molecular complexity index is 919. The summed E-state index contributed by atoms with van der Waals surface area (Å²) in [4.78, 5) is 19.5. The summed E-state index contributed by atoms with van der Waals surface area (Å²) in [5.41, 5.74) is 3.31. The van der Waals surface area contributed by atoms with Crippen LogP contribution in [0.5, 0.6) is 5.75 Å². The smallest absolute Gasteiger partial charge is 0.260 e. The maximum Gasteiger partial charge on any atom is 0.260 e. The molecule has 142 valence electrons. The van der Waals surface area contributed by atoms with Crippen LogP contribution in [0.25, 0.3) is 10.7 Å². The minimum atomic E-state index is -0.119. The van der Waals surface area contributed by atoms with E-state index in [-0.39, 0.29) is 19.1 Å². The lowest BCUT2D eigenvalue weighted by atomic mass is 10.1. The Hall–Kier alpha value is -2.67. The van der Waals surface area contributed by atoms with Gasteiger partial charge < -0.3 is 14.2 Å². The zero-order valence-corrected chi connectivity index (χ0v) is 16.8. The van der Waals surface area contributed by atoms with Crippen molar-refractivity contribution in [1.29, 1.82) is 0 Å². The molecule has 0 saturated carbocycles. The largest absolute Gasteiger partial charge is 0.483 e. The second kappa shape index (κ2) is 8.35. The molecule has 0 bridgehead atoms. The molecule has 7 heteroatoms. The fourth-order valence-corrected chi connectivity index (χ4v) is 3.40. The summed E-state index contributed by atoms with van der Waals surface area (Å²) >= 11 is 1.54. The van der Waals surface area contributed by atoms with Crippen LogP contribution in [0.1, 0.15) is 29.5 Å². The molecule has 0 unspecified atom stereocenters. The van der Waals surface area contributed by atoms with E-state index < -0.39 is 0 Å². The third-order valence-electron chi connectivity index (χ3n) is 4.39. The number of amides is 1. The predicted molar refractivity (Wildman–Crippen MR) is 105 cm³/mol. The van der Waals surface area contributed by atoms with Gasteiger partial charge in [-0.1, -0.05) is 17.3 Å². The fourth-order valence-electron chi connectivity index (χ4n) is 2.75. The number of carbonyl (C=O) groups excluding carboxylic acids is 1. The van der Waals surface area contributed by atoms with Crippen LogP contribution in [0.3, 0.4) is 0 Å². The number of benzene rings is 1. The molecule has 0 saturated heterocycles. The van der Waals surface area contributed by atoms with E-state index in [0.717, 1.165) is 27.3 Å². The van der Waals surface area contributed by atoms with Crippen molar-refractivity contribution in [3.05, 3.63) is 52.2 Å². The first-order valence-electron chi connectivity index (χ1n) is 8.82. The first kappa shape index (κ1) is 19.1. The van der Waals surface area contributed by atoms with Crippen molar-refractivity contribution in [2.45, 2.75) is 34.2 Å². The maximum atomic E-state index is 12.6. The molecule has 0 fully saturated rings. The van der Waals surface area contributed by atoms with Crippen LogP contribution in [-0.4, -0.2) is 34.1 Å². The van der Waals surface area contributed by atoms with E-state index in [1.54, 1.807) is 16.2 Å².